The molecular formula is C23H18ClF6NO3S. The van der Waals surface area contributed by atoms with Crippen LogP contribution in [-0.2, 0) is 29.0 Å². The van der Waals surface area contributed by atoms with Crippen LogP contribution in [0.25, 0.3) is 0 Å². The molecule has 188 valence electrons. The summed E-state index contributed by atoms with van der Waals surface area (Å²) in [5.74, 6) is 0.0354. The normalized spacial score (nSPS) is 12.5. The number of hydrogen-bond donors (Lipinski definition) is 0. The number of anilines is 1. The Balaban J connectivity index is 1.91. The summed E-state index contributed by atoms with van der Waals surface area (Å²) in [6, 6.07) is 12.1. The second-order valence-electron chi connectivity index (χ2n) is 7.25. The maximum absolute atomic E-state index is 13.3. The van der Waals surface area contributed by atoms with Gasteiger partial charge in [0.2, 0.25) is 0 Å². The van der Waals surface area contributed by atoms with Crippen LogP contribution < -0.4 is 9.04 Å². The topological polar surface area (TPSA) is 46.6 Å². The molecule has 0 fully saturated rings. The number of benzene rings is 3. The lowest BCUT2D eigenvalue weighted by Crippen LogP contribution is -2.31. The molecule has 0 saturated heterocycles. The molecule has 0 saturated carbocycles. The minimum Gasteiger partial charge on any atom is -0.489 e. The molecule has 3 rings (SSSR count). The summed E-state index contributed by atoms with van der Waals surface area (Å²) in [7, 11) is -4.40. The molecule has 0 aromatic heterocycles. The van der Waals surface area contributed by atoms with Crippen molar-refractivity contribution in [3.63, 3.8) is 0 Å². The van der Waals surface area contributed by atoms with Crippen molar-refractivity contribution in [1.29, 1.82) is 0 Å². The molecule has 0 atom stereocenters. The van der Waals surface area contributed by atoms with Crippen molar-refractivity contribution in [1.82, 2.24) is 0 Å². The Labute approximate surface area is 202 Å². The second kappa shape index (κ2) is 9.98. The lowest BCUT2D eigenvalue weighted by atomic mass is 10.1. The first-order valence-electron chi connectivity index (χ1n) is 10.0. The standard InChI is InChI=1S/C23H18ClF6NO3S/c1-2-31(35(32,33)18-9-3-6-15(12-18)22(25,26)27)16-7-4-8-17(13-16)34-14-19-20(23(28,29)30)10-5-11-21(19)24/h3-13H,2,14H2,1H3. The Bertz CT molecular complexity index is 1310. The van der Waals surface area contributed by atoms with Gasteiger partial charge in [-0.2, -0.15) is 26.3 Å². The number of nitrogens with zero attached hydrogens (tertiary/aromatic N) is 1. The van der Waals surface area contributed by atoms with Gasteiger partial charge in [-0.25, -0.2) is 8.42 Å². The van der Waals surface area contributed by atoms with Crippen molar-refractivity contribution < 1.29 is 39.5 Å². The Morgan fingerprint density at radius 3 is 2.17 bits per heavy atom. The lowest BCUT2D eigenvalue weighted by molar-refractivity contribution is -0.139. The van der Waals surface area contributed by atoms with E-state index < -0.39 is 45.0 Å². The fourth-order valence-electron chi connectivity index (χ4n) is 3.31. The Kier molecular flexibility index (Phi) is 7.61. The molecule has 0 radical (unpaired) electrons. The minimum absolute atomic E-state index is 0.0354. The molecule has 3 aromatic carbocycles. The summed E-state index contributed by atoms with van der Waals surface area (Å²) in [4.78, 5) is -0.564. The van der Waals surface area contributed by atoms with Gasteiger partial charge in [-0.3, -0.25) is 4.31 Å². The Hall–Kier alpha value is -2.92. The van der Waals surface area contributed by atoms with Crippen molar-refractivity contribution in [2.24, 2.45) is 0 Å². The molecule has 0 aliphatic heterocycles. The molecule has 4 nitrogen and oxygen atoms in total. The number of ether oxygens (including phenoxy) is 1. The maximum atomic E-state index is 13.3. The largest absolute Gasteiger partial charge is 0.489 e. The highest BCUT2D eigenvalue weighted by Gasteiger charge is 2.35. The number of sulfonamides is 1. The van der Waals surface area contributed by atoms with E-state index in [4.69, 9.17) is 16.3 Å². The predicted octanol–water partition coefficient (Wildman–Crippen LogP) is 7.17. The molecule has 0 aliphatic rings. The molecule has 0 bridgehead atoms. The molecule has 0 heterocycles. The van der Waals surface area contributed by atoms with Crippen LogP contribution in [0.3, 0.4) is 0 Å². The van der Waals surface area contributed by atoms with Gasteiger partial charge < -0.3 is 4.74 Å². The summed E-state index contributed by atoms with van der Waals surface area (Å²) in [6.07, 6.45) is -9.40. The predicted molar refractivity (Wildman–Crippen MR) is 119 cm³/mol. The third kappa shape index (κ3) is 6.02. The monoisotopic (exact) mass is 537 g/mol. The highest BCUT2D eigenvalue weighted by molar-refractivity contribution is 7.92. The first-order chi connectivity index (χ1) is 16.2. The van der Waals surface area contributed by atoms with Gasteiger partial charge in [-0.05, 0) is 49.4 Å². The second-order valence-corrected chi connectivity index (χ2v) is 9.51. The van der Waals surface area contributed by atoms with E-state index in [1.807, 2.05) is 0 Å². The fraction of sp³-hybridized carbons (Fsp3) is 0.217. The van der Waals surface area contributed by atoms with Gasteiger partial charge >= 0.3 is 12.4 Å². The molecule has 0 spiro atoms. The molecule has 35 heavy (non-hydrogen) atoms. The van der Waals surface area contributed by atoms with Crippen LogP contribution in [0.1, 0.15) is 23.6 Å². The van der Waals surface area contributed by atoms with Crippen molar-refractivity contribution >= 4 is 27.3 Å². The number of alkyl halides is 6. The van der Waals surface area contributed by atoms with Crippen LogP contribution in [-0.4, -0.2) is 15.0 Å². The zero-order valence-corrected chi connectivity index (χ0v) is 19.6. The van der Waals surface area contributed by atoms with Crippen LogP contribution in [0.5, 0.6) is 5.75 Å². The average Bonchev–Trinajstić information content (AvgIpc) is 2.77. The van der Waals surface area contributed by atoms with E-state index in [0.717, 1.165) is 34.6 Å². The first kappa shape index (κ1) is 26.7. The van der Waals surface area contributed by atoms with Crippen LogP contribution in [0, 0.1) is 0 Å². The molecule has 0 unspecified atom stereocenters. The van der Waals surface area contributed by atoms with Crippen LogP contribution in [0.15, 0.2) is 71.6 Å². The van der Waals surface area contributed by atoms with E-state index in [9.17, 15) is 34.8 Å². The maximum Gasteiger partial charge on any atom is 0.416 e. The lowest BCUT2D eigenvalue weighted by Gasteiger charge is -2.24. The van der Waals surface area contributed by atoms with Crippen LogP contribution in [0.2, 0.25) is 5.02 Å². The summed E-state index contributed by atoms with van der Waals surface area (Å²) >= 11 is 5.93. The van der Waals surface area contributed by atoms with Crippen LogP contribution >= 0.6 is 11.6 Å². The molecule has 3 aromatic rings. The van der Waals surface area contributed by atoms with E-state index in [2.05, 4.69) is 0 Å². The van der Waals surface area contributed by atoms with Gasteiger partial charge in [0.15, 0.2) is 0 Å². The summed E-state index contributed by atoms with van der Waals surface area (Å²) in [5, 5.41) is -0.154. The van der Waals surface area contributed by atoms with Gasteiger partial charge in [0.1, 0.15) is 12.4 Å². The first-order valence-corrected chi connectivity index (χ1v) is 11.8. The van der Waals surface area contributed by atoms with Crippen molar-refractivity contribution in [3.05, 3.63) is 88.4 Å². The van der Waals surface area contributed by atoms with Gasteiger partial charge in [-0.1, -0.05) is 29.8 Å². The molecule has 0 aliphatic carbocycles. The van der Waals surface area contributed by atoms with E-state index in [1.54, 1.807) is 0 Å². The van der Waals surface area contributed by atoms with Crippen LogP contribution in [0.4, 0.5) is 32.0 Å². The summed E-state index contributed by atoms with van der Waals surface area (Å²) in [6.45, 7) is 0.799. The quantitative estimate of drug-likeness (QED) is 0.300. The summed E-state index contributed by atoms with van der Waals surface area (Å²) < 4.78 is 112. The van der Waals surface area contributed by atoms with Crippen molar-refractivity contribution in [2.45, 2.75) is 30.8 Å². The zero-order chi connectivity index (χ0) is 26.0. The van der Waals surface area contributed by atoms with Crippen molar-refractivity contribution in [3.8, 4) is 5.75 Å². The molecular weight excluding hydrogens is 520 g/mol. The molecule has 12 heteroatoms. The van der Waals surface area contributed by atoms with Gasteiger partial charge in [0, 0.05) is 23.2 Å². The van der Waals surface area contributed by atoms with E-state index in [-0.39, 0.29) is 28.6 Å². The van der Waals surface area contributed by atoms with E-state index >= 15 is 0 Å². The van der Waals surface area contributed by atoms with E-state index in [1.165, 1.54) is 37.3 Å². The minimum atomic E-state index is -4.73. The fourth-order valence-corrected chi connectivity index (χ4v) is 5.05. The Morgan fingerprint density at radius 1 is 0.886 bits per heavy atom. The van der Waals surface area contributed by atoms with E-state index in [0.29, 0.717) is 6.07 Å². The van der Waals surface area contributed by atoms with Gasteiger partial charge in [-0.15, -0.1) is 0 Å². The average molecular weight is 538 g/mol. The number of rotatable bonds is 7. The number of hydrogen-bond acceptors (Lipinski definition) is 3. The smallest absolute Gasteiger partial charge is 0.416 e. The summed E-state index contributed by atoms with van der Waals surface area (Å²) in [5.41, 5.74) is -2.33. The molecule has 0 amide bonds. The zero-order valence-electron chi connectivity index (χ0n) is 18.0. The highest BCUT2D eigenvalue weighted by Crippen LogP contribution is 2.36. The van der Waals surface area contributed by atoms with Crippen molar-refractivity contribution in [2.75, 3.05) is 10.8 Å². The Morgan fingerprint density at radius 2 is 1.54 bits per heavy atom. The van der Waals surface area contributed by atoms with Gasteiger partial charge in [0.25, 0.3) is 10.0 Å². The third-order valence-corrected chi connectivity index (χ3v) is 7.20. The third-order valence-electron chi connectivity index (χ3n) is 4.95. The SMILES string of the molecule is CCN(c1cccc(OCc2c(Cl)cccc2C(F)(F)F)c1)S(=O)(=O)c1cccc(C(F)(F)F)c1. The van der Waals surface area contributed by atoms with Gasteiger partial charge in [0.05, 0.1) is 21.7 Å². The number of halogens is 7. The molecule has 0 N–H and O–H groups in total. The highest BCUT2D eigenvalue weighted by atomic mass is 35.5.